The molecule has 0 atom stereocenters. The smallest absolute Gasteiger partial charge is 0.200 e. The number of para-hydroxylation sites is 3. The lowest BCUT2D eigenvalue weighted by molar-refractivity contribution is 0.660. The number of rotatable bonds is 2. The van der Waals surface area contributed by atoms with E-state index >= 15 is 0 Å². The van der Waals surface area contributed by atoms with Gasteiger partial charge in [-0.2, -0.15) is 0 Å². The summed E-state index contributed by atoms with van der Waals surface area (Å²) in [7, 11) is 0. The minimum absolute atomic E-state index is 0.00139. The Bertz CT molecular complexity index is 1980. The van der Waals surface area contributed by atoms with E-state index < -0.39 is 0 Å². The van der Waals surface area contributed by atoms with Gasteiger partial charge in [0, 0.05) is 16.5 Å². The lowest BCUT2D eigenvalue weighted by Gasteiger charge is -2.13. The van der Waals surface area contributed by atoms with Crippen LogP contribution < -0.4 is 5.43 Å². The van der Waals surface area contributed by atoms with Crippen LogP contribution in [0, 0.1) is 13.8 Å². The van der Waals surface area contributed by atoms with E-state index in [4.69, 9.17) is 4.42 Å². The van der Waals surface area contributed by atoms with Crippen molar-refractivity contribution in [1.82, 2.24) is 4.57 Å². The Labute approximate surface area is 207 Å². The average molecular weight is 466 g/mol. The summed E-state index contributed by atoms with van der Waals surface area (Å²) in [4.78, 5) is 13.2. The fraction of sp³-hybridized carbons (Fsp3) is 0.0606. The molecule has 0 aliphatic heterocycles. The van der Waals surface area contributed by atoms with E-state index in [1.165, 1.54) is 32.9 Å². The Morgan fingerprint density at radius 1 is 0.556 bits per heavy atom. The maximum atomic E-state index is 13.2. The minimum Gasteiger partial charge on any atom is -0.456 e. The van der Waals surface area contributed by atoms with E-state index in [0.717, 1.165) is 16.8 Å². The lowest BCUT2D eigenvalue weighted by atomic mass is 10.0. The first kappa shape index (κ1) is 20.7. The van der Waals surface area contributed by atoms with Gasteiger partial charge in [0.25, 0.3) is 0 Å². The third kappa shape index (κ3) is 2.96. The minimum atomic E-state index is -0.00139. The van der Waals surface area contributed by atoms with E-state index in [1.54, 1.807) is 0 Å². The summed E-state index contributed by atoms with van der Waals surface area (Å²) in [5.74, 6) is 0. The molecule has 0 radical (unpaired) electrons. The van der Waals surface area contributed by atoms with Gasteiger partial charge in [-0.1, -0.05) is 66.7 Å². The fourth-order valence-electron chi connectivity index (χ4n) is 5.52. The standard InChI is InChI=1S/C33H23NO2/c1-20-8-5-13-25-26-14-6-9-21(2)32(26)34(31(20)25)24-11-7-10-22(18-24)23-16-17-30-28(19-23)33(35)27-12-3-4-15-29(27)36-30/h3-19H,1-2H3. The van der Waals surface area contributed by atoms with Gasteiger partial charge in [0.1, 0.15) is 11.2 Å². The number of aryl methyl sites for hydroxylation is 2. The van der Waals surface area contributed by atoms with Gasteiger partial charge in [-0.25, -0.2) is 0 Å². The summed E-state index contributed by atoms with van der Waals surface area (Å²) < 4.78 is 8.40. The molecule has 172 valence electrons. The van der Waals surface area contributed by atoms with E-state index in [9.17, 15) is 4.79 Å². The quantitative estimate of drug-likeness (QED) is 0.241. The molecular formula is C33H23NO2. The molecular weight excluding hydrogens is 442 g/mol. The monoisotopic (exact) mass is 465 g/mol. The van der Waals surface area contributed by atoms with Crippen LogP contribution >= 0.6 is 0 Å². The fourth-order valence-corrected chi connectivity index (χ4v) is 5.52. The number of hydrogen-bond donors (Lipinski definition) is 0. The highest BCUT2D eigenvalue weighted by atomic mass is 16.3. The molecule has 0 spiro atoms. The number of hydrogen-bond acceptors (Lipinski definition) is 2. The maximum Gasteiger partial charge on any atom is 0.200 e. The zero-order chi connectivity index (χ0) is 24.4. The number of nitrogens with zero attached hydrogens (tertiary/aromatic N) is 1. The Hall–Kier alpha value is -4.63. The Balaban J connectivity index is 1.48. The lowest BCUT2D eigenvalue weighted by Crippen LogP contribution is -2.02. The first-order chi connectivity index (χ1) is 17.6. The van der Waals surface area contributed by atoms with Crippen molar-refractivity contribution in [2.24, 2.45) is 0 Å². The van der Waals surface area contributed by atoms with Gasteiger partial charge < -0.3 is 8.98 Å². The topological polar surface area (TPSA) is 35.1 Å². The van der Waals surface area contributed by atoms with Gasteiger partial charge in [0.2, 0.25) is 5.43 Å². The molecule has 0 aliphatic rings. The molecule has 3 heteroatoms. The average Bonchev–Trinajstić information content (AvgIpc) is 3.26. The van der Waals surface area contributed by atoms with Crippen molar-refractivity contribution in [3.05, 3.63) is 124 Å². The first-order valence-corrected chi connectivity index (χ1v) is 12.2. The Kier molecular flexibility index (Phi) is 4.43. The van der Waals surface area contributed by atoms with E-state index in [1.807, 2.05) is 42.5 Å². The molecule has 0 saturated heterocycles. The SMILES string of the molecule is Cc1cccc2c3cccc(C)c3n(-c3cccc(-c4ccc5oc6ccccc6c(=O)c5c4)c3)c12. The summed E-state index contributed by atoms with van der Waals surface area (Å²) >= 11 is 0. The predicted octanol–water partition coefficient (Wildman–Crippen LogP) is 8.33. The molecule has 0 saturated carbocycles. The summed E-state index contributed by atoms with van der Waals surface area (Å²) in [6, 6.07) is 34.9. The second-order valence-electron chi connectivity index (χ2n) is 9.47. The van der Waals surface area contributed by atoms with Crippen LogP contribution in [0.25, 0.3) is 60.6 Å². The number of aromatic nitrogens is 1. The zero-order valence-corrected chi connectivity index (χ0v) is 20.1. The van der Waals surface area contributed by atoms with Crippen molar-refractivity contribution >= 4 is 43.7 Å². The molecule has 0 aliphatic carbocycles. The summed E-state index contributed by atoms with van der Waals surface area (Å²) in [6.45, 7) is 4.34. The van der Waals surface area contributed by atoms with Gasteiger partial charge in [0.15, 0.2) is 0 Å². The molecule has 0 fully saturated rings. The highest BCUT2D eigenvalue weighted by Crippen LogP contribution is 2.36. The van der Waals surface area contributed by atoms with Crippen LogP contribution in [-0.4, -0.2) is 4.57 Å². The van der Waals surface area contributed by atoms with Crippen LogP contribution in [0.3, 0.4) is 0 Å². The van der Waals surface area contributed by atoms with Crippen LogP contribution in [0.5, 0.6) is 0 Å². The molecule has 5 aromatic carbocycles. The maximum absolute atomic E-state index is 13.2. The molecule has 0 N–H and O–H groups in total. The van der Waals surface area contributed by atoms with E-state index in [0.29, 0.717) is 21.9 Å². The van der Waals surface area contributed by atoms with Crippen molar-refractivity contribution in [1.29, 1.82) is 0 Å². The van der Waals surface area contributed by atoms with E-state index in [-0.39, 0.29) is 5.43 Å². The van der Waals surface area contributed by atoms with Gasteiger partial charge in [-0.3, -0.25) is 4.79 Å². The van der Waals surface area contributed by atoms with Gasteiger partial charge in [-0.05, 0) is 72.5 Å². The third-order valence-electron chi connectivity index (χ3n) is 7.23. The molecule has 2 aromatic heterocycles. The summed E-state index contributed by atoms with van der Waals surface area (Å²) in [6.07, 6.45) is 0. The number of fused-ring (bicyclic) bond motifs is 5. The van der Waals surface area contributed by atoms with Gasteiger partial charge >= 0.3 is 0 Å². The normalized spacial score (nSPS) is 11.7. The highest BCUT2D eigenvalue weighted by Gasteiger charge is 2.16. The summed E-state index contributed by atoms with van der Waals surface area (Å²) in [5, 5.41) is 3.72. The van der Waals surface area contributed by atoms with Crippen molar-refractivity contribution in [3.63, 3.8) is 0 Å². The molecule has 3 nitrogen and oxygen atoms in total. The second-order valence-corrected chi connectivity index (χ2v) is 9.47. The van der Waals surface area contributed by atoms with Crippen molar-refractivity contribution < 1.29 is 4.42 Å². The molecule has 0 unspecified atom stereocenters. The molecule has 0 bridgehead atoms. The van der Waals surface area contributed by atoms with Crippen molar-refractivity contribution in [3.8, 4) is 16.8 Å². The van der Waals surface area contributed by atoms with Crippen LogP contribution in [0.15, 0.2) is 112 Å². The second kappa shape index (κ2) is 7.69. The van der Waals surface area contributed by atoms with Gasteiger partial charge in [0.05, 0.1) is 21.8 Å². The van der Waals surface area contributed by atoms with Crippen LogP contribution in [0.2, 0.25) is 0 Å². The molecule has 0 amide bonds. The Morgan fingerprint density at radius 3 is 1.92 bits per heavy atom. The zero-order valence-electron chi connectivity index (χ0n) is 20.1. The van der Waals surface area contributed by atoms with Crippen LogP contribution in [-0.2, 0) is 0 Å². The third-order valence-corrected chi connectivity index (χ3v) is 7.23. The largest absolute Gasteiger partial charge is 0.456 e. The molecule has 2 heterocycles. The highest BCUT2D eigenvalue weighted by molar-refractivity contribution is 6.11. The molecule has 36 heavy (non-hydrogen) atoms. The van der Waals surface area contributed by atoms with Crippen LogP contribution in [0.4, 0.5) is 0 Å². The van der Waals surface area contributed by atoms with Crippen molar-refractivity contribution in [2.75, 3.05) is 0 Å². The predicted molar refractivity (Wildman–Crippen MR) is 149 cm³/mol. The van der Waals surface area contributed by atoms with Gasteiger partial charge in [-0.15, -0.1) is 0 Å². The summed E-state index contributed by atoms with van der Waals surface area (Å²) in [5.41, 5.74) is 9.29. The van der Waals surface area contributed by atoms with E-state index in [2.05, 4.69) is 79.1 Å². The van der Waals surface area contributed by atoms with Crippen LogP contribution in [0.1, 0.15) is 11.1 Å². The molecule has 7 rings (SSSR count). The number of benzene rings is 5. The molecule has 7 aromatic rings. The Morgan fingerprint density at radius 2 is 1.17 bits per heavy atom. The first-order valence-electron chi connectivity index (χ1n) is 12.2. The van der Waals surface area contributed by atoms with Crippen molar-refractivity contribution in [2.45, 2.75) is 13.8 Å².